The first-order valence-electron chi connectivity index (χ1n) is 7.44. The van der Waals surface area contributed by atoms with Crippen LogP contribution in [-0.4, -0.2) is 12.3 Å². The molecule has 0 aliphatic rings. The van der Waals surface area contributed by atoms with E-state index in [0.717, 1.165) is 17.1 Å². The van der Waals surface area contributed by atoms with Gasteiger partial charge in [0.2, 0.25) is 0 Å². The molecule has 0 spiro atoms. The van der Waals surface area contributed by atoms with Crippen molar-refractivity contribution in [1.82, 2.24) is 0 Å². The summed E-state index contributed by atoms with van der Waals surface area (Å²) < 4.78 is 0. The first-order valence-corrected chi connectivity index (χ1v) is 9.25. The van der Waals surface area contributed by atoms with Crippen LogP contribution < -0.4 is 5.73 Å². The molecule has 0 bridgehead atoms. The lowest BCUT2D eigenvalue weighted by Crippen LogP contribution is -1.98. The van der Waals surface area contributed by atoms with Gasteiger partial charge in [0.05, 0.1) is 6.07 Å². The van der Waals surface area contributed by atoms with Crippen molar-refractivity contribution >= 4 is 23.5 Å². The summed E-state index contributed by atoms with van der Waals surface area (Å²) in [6.45, 7) is 4.42. The van der Waals surface area contributed by atoms with Crippen LogP contribution in [0.15, 0.2) is 69.8 Å². The van der Waals surface area contributed by atoms with E-state index in [9.17, 15) is 0 Å². The van der Waals surface area contributed by atoms with E-state index in [4.69, 9.17) is 11.0 Å². The molecular weight excluding hydrogens is 320 g/mol. The van der Waals surface area contributed by atoms with Crippen LogP contribution >= 0.6 is 23.5 Å². The largest absolute Gasteiger partial charge is 0.326 e. The first kappa shape index (κ1) is 17.7. The minimum atomic E-state index is 0.505. The molecule has 0 aromatic heterocycles. The van der Waals surface area contributed by atoms with Crippen molar-refractivity contribution in [3.05, 3.63) is 71.1 Å². The molecule has 2 N–H and O–H groups in total. The van der Waals surface area contributed by atoms with Gasteiger partial charge in [-0.1, -0.05) is 42.6 Å². The van der Waals surface area contributed by atoms with Crippen LogP contribution in [0.1, 0.15) is 17.5 Å². The Balaban J connectivity index is 1.91. The number of thioether (sulfide) groups is 2. The van der Waals surface area contributed by atoms with Gasteiger partial charge in [-0.05, 0) is 46.7 Å². The van der Waals surface area contributed by atoms with Crippen molar-refractivity contribution in [3.63, 3.8) is 0 Å². The first-order chi connectivity index (χ1) is 11.2. The Bertz CT molecular complexity index is 670. The average Bonchev–Trinajstić information content (AvgIpc) is 2.58. The Kier molecular flexibility index (Phi) is 7.28. The Morgan fingerprint density at radius 3 is 2.09 bits per heavy atom. The maximum atomic E-state index is 8.56. The molecular formula is C19H20N2S2. The third-order valence-electron chi connectivity index (χ3n) is 3.23. The molecule has 23 heavy (non-hydrogen) atoms. The van der Waals surface area contributed by atoms with Gasteiger partial charge >= 0.3 is 0 Å². The molecule has 0 fully saturated rings. The Morgan fingerprint density at radius 1 is 1.00 bits per heavy atom. The van der Waals surface area contributed by atoms with Crippen molar-refractivity contribution in [1.29, 1.82) is 5.26 Å². The van der Waals surface area contributed by atoms with E-state index in [-0.39, 0.29) is 0 Å². The fourth-order valence-corrected chi connectivity index (χ4v) is 3.48. The lowest BCUT2D eigenvalue weighted by atomic mass is 10.1. The summed E-state index contributed by atoms with van der Waals surface area (Å²) in [5.74, 6) is 0.850. The molecule has 0 heterocycles. The fourth-order valence-electron chi connectivity index (χ4n) is 2.04. The lowest BCUT2D eigenvalue weighted by molar-refractivity contribution is 1.17. The van der Waals surface area contributed by atoms with Crippen molar-refractivity contribution in [2.75, 3.05) is 12.3 Å². The standard InChI is InChI=1S/C19H20N2S2/c1-15(14-21)23-19-9-5-17(6-10-19)13-16-3-7-18(8-4-16)22-12-2-11-20/h3-10H,1-2,12-14,21H2. The third-order valence-corrected chi connectivity index (χ3v) is 5.20. The van der Waals surface area contributed by atoms with Crippen molar-refractivity contribution in [2.45, 2.75) is 22.6 Å². The molecule has 0 unspecified atom stereocenters. The van der Waals surface area contributed by atoms with E-state index in [2.05, 4.69) is 61.2 Å². The van der Waals surface area contributed by atoms with Crippen LogP contribution in [0.2, 0.25) is 0 Å². The molecule has 2 aromatic rings. The van der Waals surface area contributed by atoms with Gasteiger partial charge in [-0.3, -0.25) is 0 Å². The second-order valence-electron chi connectivity index (χ2n) is 5.07. The highest BCUT2D eigenvalue weighted by molar-refractivity contribution is 8.03. The van der Waals surface area contributed by atoms with Crippen LogP contribution in [0.4, 0.5) is 0 Å². The van der Waals surface area contributed by atoms with Crippen molar-refractivity contribution in [2.24, 2.45) is 5.73 Å². The molecule has 2 nitrogen and oxygen atoms in total. The second kappa shape index (κ2) is 9.46. The topological polar surface area (TPSA) is 49.8 Å². The van der Waals surface area contributed by atoms with E-state index < -0.39 is 0 Å². The predicted molar refractivity (Wildman–Crippen MR) is 101 cm³/mol. The number of benzene rings is 2. The molecule has 0 aliphatic carbocycles. The van der Waals surface area contributed by atoms with Gasteiger partial charge in [0, 0.05) is 28.5 Å². The quantitative estimate of drug-likeness (QED) is 0.551. The lowest BCUT2D eigenvalue weighted by Gasteiger charge is -2.06. The van der Waals surface area contributed by atoms with E-state index in [0.29, 0.717) is 13.0 Å². The minimum absolute atomic E-state index is 0.505. The molecule has 0 atom stereocenters. The molecule has 2 rings (SSSR count). The van der Waals surface area contributed by atoms with Gasteiger partial charge < -0.3 is 5.73 Å². The van der Waals surface area contributed by atoms with Gasteiger partial charge in [0.1, 0.15) is 0 Å². The van der Waals surface area contributed by atoms with Gasteiger partial charge in [-0.15, -0.1) is 11.8 Å². The maximum Gasteiger partial charge on any atom is 0.0630 e. The van der Waals surface area contributed by atoms with Crippen LogP contribution in [0.5, 0.6) is 0 Å². The van der Waals surface area contributed by atoms with Gasteiger partial charge in [0.15, 0.2) is 0 Å². The van der Waals surface area contributed by atoms with Crippen molar-refractivity contribution in [3.8, 4) is 6.07 Å². The SMILES string of the molecule is C=C(CN)Sc1ccc(Cc2ccc(SCCC#N)cc2)cc1. The highest BCUT2D eigenvalue weighted by Crippen LogP contribution is 2.25. The molecule has 0 aliphatic heterocycles. The van der Waals surface area contributed by atoms with Crippen LogP contribution in [0.3, 0.4) is 0 Å². The van der Waals surface area contributed by atoms with Crippen LogP contribution in [0, 0.1) is 11.3 Å². The van der Waals surface area contributed by atoms with Crippen LogP contribution in [-0.2, 0) is 6.42 Å². The summed E-state index contributed by atoms with van der Waals surface area (Å²) in [6.07, 6.45) is 1.51. The highest BCUT2D eigenvalue weighted by Gasteiger charge is 2.00. The van der Waals surface area contributed by atoms with Gasteiger partial charge in [-0.25, -0.2) is 0 Å². The Morgan fingerprint density at radius 2 is 1.57 bits per heavy atom. The van der Waals surface area contributed by atoms with E-state index in [1.54, 1.807) is 23.5 Å². The molecule has 118 valence electrons. The van der Waals surface area contributed by atoms with Gasteiger partial charge in [0.25, 0.3) is 0 Å². The number of nitrogens with two attached hydrogens (primary N) is 1. The number of hydrogen-bond donors (Lipinski definition) is 1. The zero-order chi connectivity index (χ0) is 16.5. The summed E-state index contributed by atoms with van der Waals surface area (Å²) in [5.41, 5.74) is 8.15. The van der Waals surface area contributed by atoms with E-state index in [1.165, 1.54) is 20.9 Å². The summed E-state index contributed by atoms with van der Waals surface area (Å²) in [5, 5.41) is 8.56. The molecule has 0 saturated heterocycles. The zero-order valence-electron chi connectivity index (χ0n) is 13.0. The predicted octanol–water partition coefficient (Wildman–Crippen LogP) is 4.85. The average molecular weight is 341 g/mol. The van der Waals surface area contributed by atoms with Crippen molar-refractivity contribution < 1.29 is 0 Å². The summed E-state index contributed by atoms with van der Waals surface area (Å²) in [6, 6.07) is 19.3. The summed E-state index contributed by atoms with van der Waals surface area (Å²) in [4.78, 5) is 3.37. The third kappa shape index (κ3) is 6.15. The zero-order valence-corrected chi connectivity index (χ0v) is 14.6. The number of nitriles is 1. The highest BCUT2D eigenvalue weighted by atomic mass is 32.2. The fraction of sp³-hybridized carbons (Fsp3) is 0.211. The second-order valence-corrected chi connectivity index (χ2v) is 7.49. The molecule has 2 aromatic carbocycles. The summed E-state index contributed by atoms with van der Waals surface area (Å²) >= 11 is 3.35. The monoisotopic (exact) mass is 340 g/mol. The Hall–Kier alpha value is -1.67. The Labute approximate surface area is 146 Å². The summed E-state index contributed by atoms with van der Waals surface area (Å²) in [7, 11) is 0. The molecule has 4 heteroatoms. The number of hydrogen-bond acceptors (Lipinski definition) is 4. The van der Waals surface area contributed by atoms with E-state index >= 15 is 0 Å². The van der Waals surface area contributed by atoms with E-state index in [1.807, 2.05) is 0 Å². The smallest absolute Gasteiger partial charge is 0.0630 e. The van der Waals surface area contributed by atoms with Gasteiger partial charge in [-0.2, -0.15) is 5.26 Å². The normalized spacial score (nSPS) is 10.3. The maximum absolute atomic E-state index is 8.56. The molecule has 0 saturated carbocycles. The molecule has 0 radical (unpaired) electrons. The molecule has 0 amide bonds. The number of rotatable bonds is 8. The number of nitrogens with zero attached hydrogens (tertiary/aromatic N) is 1. The van der Waals surface area contributed by atoms with Crippen LogP contribution in [0.25, 0.3) is 0 Å². The minimum Gasteiger partial charge on any atom is -0.326 e.